The Morgan fingerprint density at radius 2 is 1.41 bits per heavy atom. The Morgan fingerprint density at radius 3 is 1.71 bits per heavy atom. The van der Waals surface area contributed by atoms with Crippen LogP contribution in [0.3, 0.4) is 0 Å². The van der Waals surface area contributed by atoms with Crippen molar-refractivity contribution in [3.63, 3.8) is 0 Å². The van der Waals surface area contributed by atoms with Gasteiger partial charge in [0.2, 0.25) is 0 Å². The summed E-state index contributed by atoms with van der Waals surface area (Å²) in [5, 5.41) is 0. The second-order valence-electron chi connectivity index (χ2n) is 8.05. The van der Waals surface area contributed by atoms with Crippen molar-refractivity contribution in [2.45, 2.75) is 74.7 Å². The van der Waals surface area contributed by atoms with E-state index in [4.69, 9.17) is 0 Å². The maximum Gasteiger partial charge on any atom is 0.141 e. The molecule has 1 atom stereocenters. The number of carbonyl (C=O) groups is 1. The molecule has 0 saturated carbocycles. The molecule has 102 valence electrons. The third-order valence-corrected chi connectivity index (χ3v) is 3.06. The van der Waals surface area contributed by atoms with E-state index >= 15 is 0 Å². The zero-order valence-electron chi connectivity index (χ0n) is 13.2. The van der Waals surface area contributed by atoms with E-state index in [0.29, 0.717) is 11.7 Å². The van der Waals surface area contributed by atoms with Crippen LogP contribution in [0.4, 0.5) is 0 Å². The molecule has 0 aliphatic heterocycles. The fourth-order valence-corrected chi connectivity index (χ4v) is 2.21. The van der Waals surface area contributed by atoms with Crippen molar-refractivity contribution >= 4 is 5.78 Å². The van der Waals surface area contributed by atoms with Crippen LogP contribution in [0.15, 0.2) is 0 Å². The molecule has 1 nitrogen and oxygen atoms in total. The van der Waals surface area contributed by atoms with E-state index in [9.17, 15) is 4.79 Å². The van der Waals surface area contributed by atoms with E-state index < -0.39 is 0 Å². The van der Waals surface area contributed by atoms with Crippen molar-refractivity contribution < 1.29 is 4.79 Å². The van der Waals surface area contributed by atoms with Gasteiger partial charge in [-0.2, -0.15) is 0 Å². The first-order valence-corrected chi connectivity index (χ1v) is 6.98. The van der Waals surface area contributed by atoms with Crippen molar-refractivity contribution in [3.8, 4) is 0 Å². The summed E-state index contributed by atoms with van der Waals surface area (Å²) < 4.78 is 0. The first-order valence-electron chi connectivity index (χ1n) is 6.98. The van der Waals surface area contributed by atoms with Crippen molar-refractivity contribution in [1.82, 2.24) is 0 Å². The Morgan fingerprint density at radius 1 is 0.941 bits per heavy atom. The van der Waals surface area contributed by atoms with Gasteiger partial charge in [0.25, 0.3) is 0 Å². The normalized spacial score (nSPS) is 15.1. The van der Waals surface area contributed by atoms with E-state index in [2.05, 4.69) is 34.6 Å². The van der Waals surface area contributed by atoms with Gasteiger partial charge in [-0.25, -0.2) is 0 Å². The first-order chi connectivity index (χ1) is 7.43. The molecule has 1 heteroatoms. The minimum absolute atomic E-state index is 0.201. The topological polar surface area (TPSA) is 17.1 Å². The third-order valence-electron chi connectivity index (χ3n) is 3.06. The molecule has 17 heavy (non-hydrogen) atoms. The lowest BCUT2D eigenvalue weighted by Crippen LogP contribution is -2.31. The Kier molecular flexibility index (Phi) is 5.90. The van der Waals surface area contributed by atoms with Crippen LogP contribution >= 0.6 is 0 Å². The highest BCUT2D eigenvalue weighted by Gasteiger charge is 2.32. The zero-order chi connectivity index (χ0) is 13.9. The second-order valence-corrected chi connectivity index (χ2v) is 8.05. The Bertz CT molecular complexity index is 237. The highest BCUT2D eigenvalue weighted by molar-refractivity contribution is 5.85. The SMILES string of the molecule is CC(C)CC[C@H](CC(C)(C)C)C(=O)C(C)(C)C. The zero-order valence-corrected chi connectivity index (χ0v) is 13.2. The second kappa shape index (κ2) is 6.02. The maximum absolute atomic E-state index is 12.5. The molecule has 0 fully saturated rings. The average Bonchev–Trinajstić information content (AvgIpc) is 2.07. The molecule has 0 bridgehead atoms. The van der Waals surface area contributed by atoms with E-state index in [-0.39, 0.29) is 16.7 Å². The number of hydrogen-bond donors (Lipinski definition) is 0. The van der Waals surface area contributed by atoms with Crippen molar-refractivity contribution in [1.29, 1.82) is 0 Å². The fraction of sp³-hybridized carbons (Fsp3) is 0.938. The van der Waals surface area contributed by atoms with Gasteiger partial charge in [-0.15, -0.1) is 0 Å². The lowest BCUT2D eigenvalue weighted by molar-refractivity contribution is -0.131. The molecule has 0 N–H and O–H groups in total. The highest BCUT2D eigenvalue weighted by atomic mass is 16.1. The Hall–Kier alpha value is -0.330. The van der Waals surface area contributed by atoms with Crippen LogP contribution in [0.25, 0.3) is 0 Å². The van der Waals surface area contributed by atoms with Crippen LogP contribution in [-0.4, -0.2) is 5.78 Å². The average molecular weight is 240 g/mol. The van der Waals surface area contributed by atoms with Gasteiger partial charge in [0.1, 0.15) is 5.78 Å². The minimum atomic E-state index is -0.201. The molecule has 0 aromatic carbocycles. The standard InChI is InChI=1S/C16H32O/c1-12(2)9-10-13(11-15(3,4)5)14(17)16(6,7)8/h12-13H,9-11H2,1-8H3/t13-/m1/s1. The molecule has 0 radical (unpaired) electrons. The van der Waals surface area contributed by atoms with Gasteiger partial charge in [-0.3, -0.25) is 4.79 Å². The van der Waals surface area contributed by atoms with Gasteiger partial charge in [-0.05, 0) is 24.2 Å². The van der Waals surface area contributed by atoms with Gasteiger partial charge >= 0.3 is 0 Å². The minimum Gasteiger partial charge on any atom is -0.299 e. The summed E-state index contributed by atoms with van der Waals surface area (Å²) in [5.74, 6) is 1.36. The summed E-state index contributed by atoms with van der Waals surface area (Å²) in [7, 11) is 0. The molecule has 0 rings (SSSR count). The number of ketones is 1. The molecule has 0 heterocycles. The monoisotopic (exact) mass is 240 g/mol. The van der Waals surface area contributed by atoms with Crippen molar-refractivity contribution in [3.05, 3.63) is 0 Å². The van der Waals surface area contributed by atoms with Gasteiger partial charge in [0.15, 0.2) is 0 Å². The number of Topliss-reactive ketones (excluding diaryl/α,β-unsaturated/α-hetero) is 1. The van der Waals surface area contributed by atoms with E-state index in [1.165, 1.54) is 0 Å². The van der Waals surface area contributed by atoms with Crippen molar-refractivity contribution in [2.75, 3.05) is 0 Å². The third kappa shape index (κ3) is 7.57. The predicted molar refractivity (Wildman–Crippen MR) is 76.1 cm³/mol. The van der Waals surface area contributed by atoms with Crippen LogP contribution in [0.5, 0.6) is 0 Å². The molecule has 0 aliphatic rings. The highest BCUT2D eigenvalue weighted by Crippen LogP contribution is 2.33. The summed E-state index contributed by atoms with van der Waals surface area (Å²) in [6, 6.07) is 0. The quantitative estimate of drug-likeness (QED) is 0.654. The molecule has 0 spiro atoms. The van der Waals surface area contributed by atoms with Crippen LogP contribution in [-0.2, 0) is 4.79 Å². The maximum atomic E-state index is 12.5. The summed E-state index contributed by atoms with van der Waals surface area (Å²) in [4.78, 5) is 12.5. The summed E-state index contributed by atoms with van der Waals surface area (Å²) in [6.07, 6.45) is 3.21. The van der Waals surface area contributed by atoms with Gasteiger partial charge in [0.05, 0.1) is 0 Å². The molecular weight excluding hydrogens is 208 g/mol. The molecular formula is C16H32O. The molecule has 0 aromatic heterocycles. The molecule has 0 aromatic rings. The lowest BCUT2D eigenvalue weighted by Gasteiger charge is -2.30. The van der Waals surface area contributed by atoms with Crippen LogP contribution in [0, 0.1) is 22.7 Å². The fourth-order valence-electron chi connectivity index (χ4n) is 2.21. The van der Waals surface area contributed by atoms with Crippen LogP contribution in [0.2, 0.25) is 0 Å². The molecule has 0 unspecified atom stereocenters. The number of rotatable bonds is 5. The first kappa shape index (κ1) is 16.7. The number of hydrogen-bond acceptors (Lipinski definition) is 1. The smallest absolute Gasteiger partial charge is 0.141 e. The van der Waals surface area contributed by atoms with Gasteiger partial charge in [-0.1, -0.05) is 61.8 Å². The summed E-state index contributed by atoms with van der Waals surface area (Å²) >= 11 is 0. The molecule has 0 saturated heterocycles. The van der Waals surface area contributed by atoms with Gasteiger partial charge < -0.3 is 0 Å². The van der Waals surface area contributed by atoms with Gasteiger partial charge in [0, 0.05) is 11.3 Å². The van der Waals surface area contributed by atoms with E-state index in [0.717, 1.165) is 19.3 Å². The largest absolute Gasteiger partial charge is 0.299 e. The molecule has 0 aliphatic carbocycles. The van der Waals surface area contributed by atoms with Crippen LogP contribution in [0.1, 0.15) is 74.7 Å². The number of carbonyl (C=O) groups excluding carboxylic acids is 1. The summed E-state index contributed by atoms with van der Waals surface area (Å²) in [6.45, 7) is 17.3. The Balaban J connectivity index is 4.68. The predicted octanol–water partition coefficient (Wildman–Crippen LogP) is 5.09. The Labute approximate surface area is 108 Å². The summed E-state index contributed by atoms with van der Waals surface area (Å²) in [5.41, 5.74) is 0.0372. The lowest BCUT2D eigenvalue weighted by atomic mass is 9.73. The van der Waals surface area contributed by atoms with Crippen LogP contribution < -0.4 is 0 Å². The van der Waals surface area contributed by atoms with E-state index in [1.807, 2.05) is 20.8 Å². The van der Waals surface area contributed by atoms with Crippen molar-refractivity contribution in [2.24, 2.45) is 22.7 Å². The van der Waals surface area contributed by atoms with E-state index in [1.54, 1.807) is 0 Å². The molecule has 0 amide bonds.